The third-order valence-electron chi connectivity index (χ3n) is 2.97. The van der Waals surface area contributed by atoms with Crippen molar-refractivity contribution >= 4 is 21.8 Å². The zero-order valence-corrected chi connectivity index (χ0v) is 11.2. The second-order valence-corrected chi connectivity index (χ2v) is 5.58. The first-order valence-electron chi connectivity index (χ1n) is 5.59. The number of carbonyl (C=O) groups is 1. The molecule has 0 unspecified atom stereocenters. The van der Waals surface area contributed by atoms with Gasteiger partial charge in [-0.15, -0.1) is 0 Å². The molecule has 1 aromatic heterocycles. The van der Waals surface area contributed by atoms with Gasteiger partial charge >= 0.3 is 0 Å². The van der Waals surface area contributed by atoms with Gasteiger partial charge in [0.1, 0.15) is 6.26 Å². The van der Waals surface area contributed by atoms with Crippen molar-refractivity contribution in [3.63, 3.8) is 0 Å². The molecule has 0 spiro atoms. The van der Waals surface area contributed by atoms with Gasteiger partial charge in [-0.3, -0.25) is 4.79 Å². The van der Waals surface area contributed by atoms with E-state index in [0.29, 0.717) is 22.1 Å². The molecule has 88 valence electrons. The number of furan rings is 1. The first-order valence-corrected chi connectivity index (χ1v) is 6.39. The van der Waals surface area contributed by atoms with E-state index in [0.717, 1.165) is 13.1 Å². The molecule has 1 saturated heterocycles. The highest BCUT2D eigenvalue weighted by Crippen LogP contribution is 2.23. The average molecular weight is 286 g/mol. The van der Waals surface area contributed by atoms with Crippen molar-refractivity contribution in [1.29, 1.82) is 0 Å². The molecule has 3 nitrogen and oxygen atoms in total. The summed E-state index contributed by atoms with van der Waals surface area (Å²) >= 11 is 3.21. The summed E-state index contributed by atoms with van der Waals surface area (Å²) in [6, 6.07) is 1.73. The lowest BCUT2D eigenvalue weighted by Crippen LogP contribution is -2.42. The standard InChI is InChI=1S/C12H16BrNO2/c1-8-3-9(2)6-14(5-8)12(15)10-4-11(13)16-7-10/h4,7-9H,3,5-6H2,1-2H3/t8-,9+. The highest BCUT2D eigenvalue weighted by atomic mass is 79.9. The van der Waals surface area contributed by atoms with Crippen molar-refractivity contribution in [2.24, 2.45) is 11.8 Å². The summed E-state index contributed by atoms with van der Waals surface area (Å²) in [7, 11) is 0. The Kier molecular flexibility index (Phi) is 3.38. The van der Waals surface area contributed by atoms with Crippen LogP contribution in [0.3, 0.4) is 0 Å². The minimum atomic E-state index is 0.0767. The van der Waals surface area contributed by atoms with Crippen LogP contribution in [0.4, 0.5) is 0 Å². The molecule has 1 aliphatic rings. The third-order valence-corrected chi connectivity index (χ3v) is 3.39. The number of likely N-dealkylation sites (tertiary alicyclic amines) is 1. The van der Waals surface area contributed by atoms with Crippen LogP contribution < -0.4 is 0 Å². The molecule has 0 aromatic carbocycles. The largest absolute Gasteiger partial charge is 0.457 e. The Morgan fingerprint density at radius 3 is 2.56 bits per heavy atom. The quantitative estimate of drug-likeness (QED) is 0.794. The van der Waals surface area contributed by atoms with E-state index in [4.69, 9.17) is 4.42 Å². The van der Waals surface area contributed by atoms with Gasteiger partial charge in [0.2, 0.25) is 0 Å². The average Bonchev–Trinajstić information content (AvgIpc) is 2.62. The van der Waals surface area contributed by atoms with Gasteiger partial charge in [-0.1, -0.05) is 13.8 Å². The predicted octanol–water partition coefficient (Wildman–Crippen LogP) is 3.16. The molecule has 2 rings (SSSR count). The first-order chi connectivity index (χ1) is 7.56. The predicted molar refractivity (Wildman–Crippen MR) is 65.3 cm³/mol. The molecule has 0 aliphatic carbocycles. The number of rotatable bonds is 1. The van der Waals surface area contributed by atoms with E-state index < -0.39 is 0 Å². The topological polar surface area (TPSA) is 33.5 Å². The summed E-state index contributed by atoms with van der Waals surface area (Å²) in [6.07, 6.45) is 2.72. The van der Waals surface area contributed by atoms with Crippen molar-refractivity contribution in [2.45, 2.75) is 20.3 Å². The summed E-state index contributed by atoms with van der Waals surface area (Å²) in [4.78, 5) is 14.1. The molecule has 2 atom stereocenters. The van der Waals surface area contributed by atoms with E-state index in [9.17, 15) is 4.79 Å². The zero-order valence-electron chi connectivity index (χ0n) is 9.57. The van der Waals surface area contributed by atoms with E-state index in [-0.39, 0.29) is 5.91 Å². The van der Waals surface area contributed by atoms with Crippen LogP contribution in [0.1, 0.15) is 30.6 Å². The number of halogens is 1. The Labute approximate surface area is 104 Å². The Hall–Kier alpha value is -0.770. The molecule has 0 bridgehead atoms. The Morgan fingerprint density at radius 1 is 1.44 bits per heavy atom. The monoisotopic (exact) mass is 285 g/mol. The molecular formula is C12H16BrNO2. The van der Waals surface area contributed by atoms with E-state index >= 15 is 0 Å². The van der Waals surface area contributed by atoms with Gasteiger partial charge in [0.25, 0.3) is 5.91 Å². The fraction of sp³-hybridized carbons (Fsp3) is 0.583. The molecule has 16 heavy (non-hydrogen) atoms. The number of amides is 1. The zero-order chi connectivity index (χ0) is 11.7. The normalized spacial score (nSPS) is 25.8. The summed E-state index contributed by atoms with van der Waals surface area (Å²) in [5.74, 6) is 1.25. The van der Waals surface area contributed by atoms with Crippen LogP contribution in [-0.4, -0.2) is 23.9 Å². The SMILES string of the molecule is C[C@@H]1C[C@H](C)CN(C(=O)c2coc(Br)c2)C1. The van der Waals surface area contributed by atoms with Crippen LogP contribution in [0.25, 0.3) is 0 Å². The van der Waals surface area contributed by atoms with Gasteiger partial charge in [0.05, 0.1) is 5.56 Å². The maximum atomic E-state index is 12.1. The van der Waals surface area contributed by atoms with Crippen LogP contribution >= 0.6 is 15.9 Å². The highest BCUT2D eigenvalue weighted by Gasteiger charge is 2.26. The molecule has 1 aliphatic heterocycles. The summed E-state index contributed by atoms with van der Waals surface area (Å²) in [5.41, 5.74) is 0.633. The second kappa shape index (κ2) is 4.62. The molecule has 1 amide bonds. The third kappa shape index (κ3) is 2.48. The molecule has 0 N–H and O–H groups in total. The molecule has 2 heterocycles. The van der Waals surface area contributed by atoms with Crippen LogP contribution in [0.2, 0.25) is 0 Å². The van der Waals surface area contributed by atoms with Crippen LogP contribution in [0.5, 0.6) is 0 Å². The van der Waals surface area contributed by atoms with Gasteiger partial charge in [-0.05, 0) is 34.2 Å². The Balaban J connectivity index is 2.09. The van der Waals surface area contributed by atoms with Crippen LogP contribution in [0.15, 0.2) is 21.4 Å². The van der Waals surface area contributed by atoms with E-state index in [1.54, 1.807) is 6.07 Å². The first kappa shape index (κ1) is 11.7. The van der Waals surface area contributed by atoms with Crippen molar-refractivity contribution in [2.75, 3.05) is 13.1 Å². The summed E-state index contributed by atoms with van der Waals surface area (Å²) in [5, 5.41) is 0. The van der Waals surface area contributed by atoms with Crippen molar-refractivity contribution in [3.8, 4) is 0 Å². The maximum Gasteiger partial charge on any atom is 0.257 e. The van der Waals surface area contributed by atoms with Gasteiger partial charge in [0.15, 0.2) is 4.67 Å². The number of nitrogens with zero attached hydrogens (tertiary/aromatic N) is 1. The van der Waals surface area contributed by atoms with E-state index in [2.05, 4.69) is 29.8 Å². The van der Waals surface area contributed by atoms with Crippen molar-refractivity contribution in [3.05, 3.63) is 22.6 Å². The Bertz CT molecular complexity index is 378. The van der Waals surface area contributed by atoms with Gasteiger partial charge in [-0.2, -0.15) is 0 Å². The van der Waals surface area contributed by atoms with Gasteiger partial charge < -0.3 is 9.32 Å². The minimum absolute atomic E-state index is 0.0767. The number of piperidine rings is 1. The highest BCUT2D eigenvalue weighted by molar-refractivity contribution is 9.10. The molecule has 1 aromatic rings. The van der Waals surface area contributed by atoms with Crippen molar-refractivity contribution < 1.29 is 9.21 Å². The molecule has 4 heteroatoms. The van der Waals surface area contributed by atoms with Gasteiger partial charge in [0, 0.05) is 19.2 Å². The summed E-state index contributed by atoms with van der Waals surface area (Å²) in [6.45, 7) is 6.10. The smallest absolute Gasteiger partial charge is 0.257 e. The Morgan fingerprint density at radius 2 is 2.06 bits per heavy atom. The second-order valence-electron chi connectivity index (χ2n) is 4.80. The van der Waals surface area contributed by atoms with Crippen LogP contribution in [0, 0.1) is 11.8 Å². The molecule has 1 fully saturated rings. The van der Waals surface area contributed by atoms with Crippen molar-refractivity contribution in [1.82, 2.24) is 4.90 Å². The lowest BCUT2D eigenvalue weighted by Gasteiger charge is -2.34. The van der Waals surface area contributed by atoms with Crippen LogP contribution in [-0.2, 0) is 0 Å². The van der Waals surface area contributed by atoms with E-state index in [1.807, 2.05) is 4.90 Å². The fourth-order valence-electron chi connectivity index (χ4n) is 2.43. The number of carbonyl (C=O) groups excluding carboxylic acids is 1. The maximum absolute atomic E-state index is 12.1. The fourth-order valence-corrected chi connectivity index (χ4v) is 2.77. The molecule has 0 radical (unpaired) electrons. The van der Waals surface area contributed by atoms with Gasteiger partial charge in [-0.25, -0.2) is 0 Å². The molecular weight excluding hydrogens is 270 g/mol. The lowest BCUT2D eigenvalue weighted by atomic mass is 9.91. The number of hydrogen-bond donors (Lipinski definition) is 0. The lowest BCUT2D eigenvalue weighted by molar-refractivity contribution is 0.0622. The number of hydrogen-bond acceptors (Lipinski definition) is 2. The minimum Gasteiger partial charge on any atom is -0.457 e. The van der Waals surface area contributed by atoms with E-state index in [1.165, 1.54) is 12.7 Å². The molecule has 0 saturated carbocycles. The summed E-state index contributed by atoms with van der Waals surface area (Å²) < 4.78 is 5.70.